The van der Waals surface area contributed by atoms with Crippen LogP contribution in [0.4, 0.5) is 5.82 Å². The Kier molecular flexibility index (Phi) is 5.03. The SMILES string of the molecule is O=C(c1ccccc1)N1CCN(c2ccc(-c3ccc(Cl)cc3)nn2)CC1. The highest BCUT2D eigenvalue weighted by Crippen LogP contribution is 2.21. The number of hydrogen-bond acceptors (Lipinski definition) is 4. The van der Waals surface area contributed by atoms with Gasteiger partial charge in [0.25, 0.3) is 5.91 Å². The number of carbonyl (C=O) groups excluding carboxylic acids is 1. The minimum atomic E-state index is 0.0828. The number of hydrogen-bond donors (Lipinski definition) is 0. The van der Waals surface area contributed by atoms with E-state index < -0.39 is 0 Å². The average molecular weight is 379 g/mol. The highest BCUT2D eigenvalue weighted by atomic mass is 35.5. The standard InChI is InChI=1S/C21H19ClN4O/c22-18-8-6-16(7-9-18)19-10-11-20(24-23-19)25-12-14-26(15-13-25)21(27)17-4-2-1-3-5-17/h1-11H,12-15H2. The maximum atomic E-state index is 12.5. The van der Waals surface area contributed by atoms with Gasteiger partial charge in [0.2, 0.25) is 0 Å². The summed E-state index contributed by atoms with van der Waals surface area (Å²) in [6.45, 7) is 2.84. The van der Waals surface area contributed by atoms with Gasteiger partial charge in [-0.15, -0.1) is 10.2 Å². The number of anilines is 1. The molecule has 0 radical (unpaired) electrons. The van der Waals surface area contributed by atoms with Gasteiger partial charge in [-0.3, -0.25) is 4.79 Å². The Morgan fingerprint density at radius 3 is 2.15 bits per heavy atom. The second-order valence-corrected chi connectivity index (χ2v) is 6.87. The van der Waals surface area contributed by atoms with Crippen molar-refractivity contribution in [2.75, 3.05) is 31.1 Å². The van der Waals surface area contributed by atoms with Crippen LogP contribution in [0.2, 0.25) is 5.02 Å². The normalized spacial score (nSPS) is 14.3. The fourth-order valence-corrected chi connectivity index (χ4v) is 3.30. The summed E-state index contributed by atoms with van der Waals surface area (Å²) in [5, 5.41) is 9.41. The van der Waals surface area contributed by atoms with E-state index in [0.717, 1.165) is 35.7 Å². The van der Waals surface area contributed by atoms with Gasteiger partial charge in [-0.1, -0.05) is 41.9 Å². The molecule has 0 atom stereocenters. The van der Waals surface area contributed by atoms with E-state index in [1.807, 2.05) is 71.6 Å². The molecule has 5 nitrogen and oxygen atoms in total. The van der Waals surface area contributed by atoms with E-state index in [-0.39, 0.29) is 5.91 Å². The van der Waals surface area contributed by atoms with Crippen LogP contribution >= 0.6 is 11.6 Å². The molecular formula is C21H19ClN4O. The quantitative estimate of drug-likeness (QED) is 0.696. The Bertz CT molecular complexity index is 905. The van der Waals surface area contributed by atoms with Crippen LogP contribution in [0.15, 0.2) is 66.7 Å². The van der Waals surface area contributed by atoms with Gasteiger partial charge in [-0.05, 0) is 36.4 Å². The predicted molar refractivity (Wildman–Crippen MR) is 107 cm³/mol. The number of piperazine rings is 1. The van der Waals surface area contributed by atoms with E-state index in [2.05, 4.69) is 15.1 Å². The third-order valence-electron chi connectivity index (χ3n) is 4.70. The molecule has 6 heteroatoms. The number of nitrogens with zero attached hydrogens (tertiary/aromatic N) is 4. The van der Waals surface area contributed by atoms with Crippen molar-refractivity contribution in [1.29, 1.82) is 0 Å². The van der Waals surface area contributed by atoms with E-state index in [4.69, 9.17) is 11.6 Å². The van der Waals surface area contributed by atoms with Gasteiger partial charge < -0.3 is 9.80 Å². The fraction of sp³-hybridized carbons (Fsp3) is 0.190. The summed E-state index contributed by atoms with van der Waals surface area (Å²) in [6, 6.07) is 20.9. The zero-order valence-electron chi connectivity index (χ0n) is 14.8. The maximum absolute atomic E-state index is 12.5. The molecule has 0 aliphatic carbocycles. The minimum Gasteiger partial charge on any atom is -0.352 e. The number of rotatable bonds is 3. The molecule has 1 saturated heterocycles. The molecule has 1 amide bonds. The molecule has 2 heterocycles. The van der Waals surface area contributed by atoms with Crippen molar-refractivity contribution in [3.8, 4) is 11.3 Å². The summed E-state index contributed by atoms with van der Waals surface area (Å²) >= 11 is 5.93. The van der Waals surface area contributed by atoms with Crippen molar-refractivity contribution in [2.24, 2.45) is 0 Å². The Balaban J connectivity index is 1.39. The molecule has 0 N–H and O–H groups in total. The Hall–Kier alpha value is -2.92. The first-order valence-corrected chi connectivity index (χ1v) is 9.27. The van der Waals surface area contributed by atoms with Gasteiger partial charge in [0.05, 0.1) is 5.69 Å². The molecule has 0 unspecified atom stereocenters. The number of amides is 1. The first-order valence-electron chi connectivity index (χ1n) is 8.90. The molecule has 1 aromatic heterocycles. The Morgan fingerprint density at radius 2 is 1.52 bits per heavy atom. The fourth-order valence-electron chi connectivity index (χ4n) is 3.17. The average Bonchev–Trinajstić information content (AvgIpc) is 2.75. The van der Waals surface area contributed by atoms with Crippen molar-refractivity contribution < 1.29 is 4.79 Å². The molecule has 0 spiro atoms. The van der Waals surface area contributed by atoms with Crippen molar-refractivity contribution in [3.05, 3.63) is 77.3 Å². The first-order chi connectivity index (χ1) is 13.2. The number of halogens is 1. The number of carbonyl (C=O) groups is 1. The Labute approximate surface area is 163 Å². The predicted octanol–water partition coefficient (Wildman–Crippen LogP) is 3.76. The van der Waals surface area contributed by atoms with E-state index in [1.54, 1.807) is 0 Å². The zero-order chi connectivity index (χ0) is 18.6. The van der Waals surface area contributed by atoms with Crippen LogP contribution in [-0.2, 0) is 0 Å². The van der Waals surface area contributed by atoms with Crippen LogP contribution in [0.25, 0.3) is 11.3 Å². The van der Waals surface area contributed by atoms with Crippen LogP contribution in [-0.4, -0.2) is 47.2 Å². The van der Waals surface area contributed by atoms with Gasteiger partial charge in [0, 0.05) is 42.3 Å². The van der Waals surface area contributed by atoms with Gasteiger partial charge in [-0.2, -0.15) is 0 Å². The largest absolute Gasteiger partial charge is 0.352 e. The molecule has 4 rings (SSSR count). The summed E-state index contributed by atoms with van der Waals surface area (Å²) in [4.78, 5) is 16.6. The summed E-state index contributed by atoms with van der Waals surface area (Å²) < 4.78 is 0. The van der Waals surface area contributed by atoms with E-state index in [0.29, 0.717) is 18.1 Å². The monoisotopic (exact) mass is 378 g/mol. The van der Waals surface area contributed by atoms with E-state index in [1.165, 1.54) is 0 Å². The zero-order valence-corrected chi connectivity index (χ0v) is 15.5. The van der Waals surface area contributed by atoms with Crippen LogP contribution in [0.1, 0.15) is 10.4 Å². The van der Waals surface area contributed by atoms with Crippen molar-refractivity contribution in [1.82, 2.24) is 15.1 Å². The van der Waals surface area contributed by atoms with Gasteiger partial charge in [0.15, 0.2) is 5.82 Å². The van der Waals surface area contributed by atoms with Gasteiger partial charge in [-0.25, -0.2) is 0 Å². The van der Waals surface area contributed by atoms with Crippen LogP contribution in [0.5, 0.6) is 0 Å². The summed E-state index contributed by atoms with van der Waals surface area (Å²) in [7, 11) is 0. The van der Waals surface area contributed by atoms with Crippen molar-refractivity contribution in [3.63, 3.8) is 0 Å². The molecule has 1 fully saturated rings. The highest BCUT2D eigenvalue weighted by molar-refractivity contribution is 6.30. The summed E-state index contributed by atoms with van der Waals surface area (Å²) in [5.41, 5.74) is 2.53. The third-order valence-corrected chi connectivity index (χ3v) is 4.95. The molecule has 0 saturated carbocycles. The maximum Gasteiger partial charge on any atom is 0.253 e. The molecule has 136 valence electrons. The lowest BCUT2D eigenvalue weighted by Gasteiger charge is -2.35. The topological polar surface area (TPSA) is 49.3 Å². The highest BCUT2D eigenvalue weighted by Gasteiger charge is 2.22. The minimum absolute atomic E-state index is 0.0828. The smallest absolute Gasteiger partial charge is 0.253 e. The third kappa shape index (κ3) is 3.93. The lowest BCUT2D eigenvalue weighted by molar-refractivity contribution is 0.0746. The summed E-state index contributed by atoms with van der Waals surface area (Å²) in [6.07, 6.45) is 0. The van der Waals surface area contributed by atoms with Crippen LogP contribution < -0.4 is 4.90 Å². The van der Waals surface area contributed by atoms with Crippen molar-refractivity contribution in [2.45, 2.75) is 0 Å². The van der Waals surface area contributed by atoms with Crippen LogP contribution in [0, 0.1) is 0 Å². The molecule has 1 aliphatic rings. The van der Waals surface area contributed by atoms with E-state index in [9.17, 15) is 4.79 Å². The molecule has 3 aromatic rings. The van der Waals surface area contributed by atoms with Gasteiger partial charge in [0.1, 0.15) is 0 Å². The number of benzene rings is 2. The molecular weight excluding hydrogens is 360 g/mol. The number of aromatic nitrogens is 2. The molecule has 2 aromatic carbocycles. The second kappa shape index (κ2) is 7.76. The lowest BCUT2D eigenvalue weighted by Crippen LogP contribution is -2.49. The summed E-state index contributed by atoms with van der Waals surface area (Å²) in [5.74, 6) is 0.916. The molecule has 0 bridgehead atoms. The molecule has 27 heavy (non-hydrogen) atoms. The van der Waals surface area contributed by atoms with Crippen LogP contribution in [0.3, 0.4) is 0 Å². The first kappa shape index (κ1) is 17.5. The second-order valence-electron chi connectivity index (χ2n) is 6.43. The Morgan fingerprint density at radius 1 is 0.815 bits per heavy atom. The van der Waals surface area contributed by atoms with Crippen molar-refractivity contribution >= 4 is 23.3 Å². The van der Waals surface area contributed by atoms with Gasteiger partial charge >= 0.3 is 0 Å². The lowest BCUT2D eigenvalue weighted by atomic mass is 10.1. The molecule has 1 aliphatic heterocycles. The van der Waals surface area contributed by atoms with E-state index >= 15 is 0 Å².